The van der Waals surface area contributed by atoms with Crippen molar-refractivity contribution in [3.63, 3.8) is 0 Å². The third-order valence-electron chi connectivity index (χ3n) is 3.83. The number of hydrogen-bond donors (Lipinski definition) is 1. The van der Waals surface area contributed by atoms with Crippen LogP contribution in [-0.4, -0.2) is 35.9 Å². The Hall–Kier alpha value is -0.940. The van der Waals surface area contributed by atoms with Crippen LogP contribution >= 0.6 is 0 Å². The van der Waals surface area contributed by atoms with E-state index in [1.165, 1.54) is 0 Å². The molecule has 2 saturated heterocycles. The molecule has 5 nitrogen and oxygen atoms in total. The van der Waals surface area contributed by atoms with Crippen molar-refractivity contribution in [3.8, 4) is 0 Å². The van der Waals surface area contributed by atoms with Crippen LogP contribution in [0.5, 0.6) is 0 Å². The molecule has 0 spiro atoms. The van der Waals surface area contributed by atoms with Crippen LogP contribution in [0.3, 0.4) is 0 Å². The second-order valence-corrected chi connectivity index (χ2v) is 5.04. The molecule has 5 heteroatoms. The summed E-state index contributed by atoms with van der Waals surface area (Å²) in [6.45, 7) is 4.81. The Morgan fingerprint density at radius 2 is 2.29 bits per heavy atom. The molecule has 2 aliphatic heterocycles. The van der Waals surface area contributed by atoms with E-state index >= 15 is 0 Å². The van der Waals surface area contributed by atoms with E-state index in [-0.39, 0.29) is 0 Å². The maximum Gasteiger partial charge on any atom is 0.231 e. The van der Waals surface area contributed by atoms with Crippen molar-refractivity contribution in [3.05, 3.63) is 11.7 Å². The van der Waals surface area contributed by atoms with Crippen LogP contribution in [0.2, 0.25) is 0 Å². The van der Waals surface area contributed by atoms with Crippen LogP contribution in [0.15, 0.2) is 4.52 Å². The molecule has 0 radical (unpaired) electrons. The van der Waals surface area contributed by atoms with Crippen molar-refractivity contribution in [2.45, 2.75) is 44.1 Å². The van der Waals surface area contributed by atoms with Crippen LogP contribution in [0.1, 0.15) is 49.7 Å². The summed E-state index contributed by atoms with van der Waals surface area (Å²) in [5.41, 5.74) is 0. The lowest BCUT2D eigenvalue weighted by Crippen LogP contribution is -2.22. The van der Waals surface area contributed by atoms with Crippen molar-refractivity contribution in [1.29, 1.82) is 0 Å². The molecular formula is C12H19N3O2. The van der Waals surface area contributed by atoms with Gasteiger partial charge in [0.15, 0.2) is 5.82 Å². The Kier molecular flexibility index (Phi) is 3.11. The van der Waals surface area contributed by atoms with Gasteiger partial charge < -0.3 is 14.6 Å². The monoisotopic (exact) mass is 237 g/mol. The highest BCUT2D eigenvalue weighted by molar-refractivity contribution is 5.04. The van der Waals surface area contributed by atoms with E-state index in [4.69, 9.17) is 9.26 Å². The molecule has 3 rings (SSSR count). The fourth-order valence-corrected chi connectivity index (χ4v) is 2.70. The van der Waals surface area contributed by atoms with Gasteiger partial charge in [0.25, 0.3) is 0 Å². The molecule has 17 heavy (non-hydrogen) atoms. The summed E-state index contributed by atoms with van der Waals surface area (Å²) < 4.78 is 10.9. The Morgan fingerprint density at radius 1 is 1.35 bits per heavy atom. The second-order valence-electron chi connectivity index (χ2n) is 5.04. The summed E-state index contributed by atoms with van der Waals surface area (Å²) >= 11 is 0. The van der Waals surface area contributed by atoms with Gasteiger partial charge >= 0.3 is 0 Å². The van der Waals surface area contributed by atoms with E-state index in [0.29, 0.717) is 17.9 Å². The summed E-state index contributed by atoms with van der Waals surface area (Å²) in [4.78, 5) is 4.57. The average molecular weight is 237 g/mol. The van der Waals surface area contributed by atoms with Crippen LogP contribution < -0.4 is 5.32 Å². The van der Waals surface area contributed by atoms with E-state index in [1.807, 2.05) is 0 Å². The topological polar surface area (TPSA) is 60.2 Å². The molecule has 2 fully saturated rings. The minimum absolute atomic E-state index is 0.325. The summed E-state index contributed by atoms with van der Waals surface area (Å²) in [5.74, 6) is 2.33. The predicted molar refractivity (Wildman–Crippen MR) is 61.9 cm³/mol. The smallest absolute Gasteiger partial charge is 0.231 e. The first-order valence-corrected chi connectivity index (χ1v) is 6.49. The summed E-state index contributed by atoms with van der Waals surface area (Å²) in [5, 5.41) is 7.53. The summed E-state index contributed by atoms with van der Waals surface area (Å²) in [6, 6.07) is 0.436. The average Bonchev–Trinajstić information content (AvgIpc) is 2.98. The van der Waals surface area contributed by atoms with Crippen LogP contribution in [0, 0.1) is 0 Å². The van der Waals surface area contributed by atoms with Gasteiger partial charge in [-0.15, -0.1) is 0 Å². The van der Waals surface area contributed by atoms with Crippen molar-refractivity contribution >= 4 is 0 Å². The van der Waals surface area contributed by atoms with Gasteiger partial charge in [0.2, 0.25) is 5.89 Å². The standard InChI is InChI=1S/C12H19N3O2/c1-8-10(4-5-13-8)12-14-11(15-17-12)9-3-2-6-16-7-9/h8-10,13H,2-7H2,1H3. The molecule has 3 heterocycles. The number of hydrogen-bond acceptors (Lipinski definition) is 5. The number of aromatic nitrogens is 2. The highest BCUT2D eigenvalue weighted by Crippen LogP contribution is 2.29. The van der Waals surface area contributed by atoms with Crippen LogP contribution in [0.25, 0.3) is 0 Å². The van der Waals surface area contributed by atoms with Gasteiger partial charge in [-0.05, 0) is 32.7 Å². The normalized spacial score (nSPS) is 34.1. The third kappa shape index (κ3) is 2.21. The Labute approximate surface area is 101 Å². The number of rotatable bonds is 2. The van der Waals surface area contributed by atoms with E-state index in [2.05, 4.69) is 22.4 Å². The van der Waals surface area contributed by atoms with Gasteiger partial charge in [0.1, 0.15) is 0 Å². The van der Waals surface area contributed by atoms with Gasteiger partial charge in [-0.1, -0.05) is 5.16 Å². The largest absolute Gasteiger partial charge is 0.381 e. The summed E-state index contributed by atoms with van der Waals surface area (Å²) in [7, 11) is 0. The molecule has 0 amide bonds. The fraction of sp³-hybridized carbons (Fsp3) is 0.833. The molecule has 94 valence electrons. The molecule has 3 unspecified atom stereocenters. The van der Waals surface area contributed by atoms with E-state index in [0.717, 1.165) is 50.7 Å². The molecule has 0 aliphatic carbocycles. The van der Waals surface area contributed by atoms with Crippen molar-refractivity contribution in [2.75, 3.05) is 19.8 Å². The SMILES string of the molecule is CC1NCCC1c1nc(C2CCCOC2)no1. The summed E-state index contributed by atoms with van der Waals surface area (Å²) in [6.07, 6.45) is 3.29. The van der Waals surface area contributed by atoms with Crippen molar-refractivity contribution < 1.29 is 9.26 Å². The van der Waals surface area contributed by atoms with Crippen molar-refractivity contribution in [1.82, 2.24) is 15.5 Å². The molecule has 0 aromatic carbocycles. The quantitative estimate of drug-likeness (QED) is 0.843. The first kappa shape index (κ1) is 11.2. The van der Waals surface area contributed by atoms with Crippen LogP contribution in [0.4, 0.5) is 0 Å². The Bertz CT molecular complexity index is 374. The van der Waals surface area contributed by atoms with Gasteiger partial charge in [-0.25, -0.2) is 0 Å². The first-order valence-electron chi connectivity index (χ1n) is 6.49. The third-order valence-corrected chi connectivity index (χ3v) is 3.83. The minimum Gasteiger partial charge on any atom is -0.381 e. The Balaban J connectivity index is 1.73. The highest BCUT2D eigenvalue weighted by atomic mass is 16.5. The maximum atomic E-state index is 5.46. The molecule has 1 aromatic rings. The Morgan fingerprint density at radius 3 is 3.00 bits per heavy atom. The molecule has 1 N–H and O–H groups in total. The lowest BCUT2D eigenvalue weighted by atomic mass is 10.0. The number of nitrogens with one attached hydrogen (secondary N) is 1. The molecular weight excluding hydrogens is 218 g/mol. The second kappa shape index (κ2) is 4.74. The zero-order valence-corrected chi connectivity index (χ0v) is 10.2. The fourth-order valence-electron chi connectivity index (χ4n) is 2.70. The molecule has 1 aromatic heterocycles. The van der Waals surface area contributed by atoms with Gasteiger partial charge in [-0.3, -0.25) is 0 Å². The zero-order valence-electron chi connectivity index (χ0n) is 10.2. The number of nitrogens with zero attached hydrogens (tertiary/aromatic N) is 2. The highest BCUT2D eigenvalue weighted by Gasteiger charge is 2.30. The van der Waals surface area contributed by atoms with E-state index in [1.54, 1.807) is 0 Å². The van der Waals surface area contributed by atoms with E-state index in [9.17, 15) is 0 Å². The van der Waals surface area contributed by atoms with Crippen molar-refractivity contribution in [2.24, 2.45) is 0 Å². The van der Waals surface area contributed by atoms with Crippen LogP contribution in [-0.2, 0) is 4.74 Å². The van der Waals surface area contributed by atoms with Gasteiger partial charge in [0.05, 0.1) is 12.5 Å². The predicted octanol–water partition coefficient (Wildman–Crippen LogP) is 1.43. The minimum atomic E-state index is 0.325. The lowest BCUT2D eigenvalue weighted by Gasteiger charge is -2.18. The molecule has 0 saturated carbocycles. The van der Waals surface area contributed by atoms with Gasteiger partial charge in [-0.2, -0.15) is 4.98 Å². The molecule has 2 aliphatic rings. The molecule has 3 atom stereocenters. The first-order chi connectivity index (χ1) is 8.34. The number of ether oxygens (including phenoxy) is 1. The van der Waals surface area contributed by atoms with E-state index < -0.39 is 0 Å². The maximum absolute atomic E-state index is 5.46. The van der Waals surface area contributed by atoms with Gasteiger partial charge in [0, 0.05) is 18.6 Å². The lowest BCUT2D eigenvalue weighted by molar-refractivity contribution is 0.0773. The molecule has 0 bridgehead atoms. The zero-order chi connectivity index (χ0) is 11.7.